The standard InChI is InChI=1S/C5H5NO3S2/c1-5(3(8)9)2(7)6-4(10)11-5/h1H3,(H,8,9)(H,6,7,10). The van der Waals surface area contributed by atoms with Crippen LogP contribution < -0.4 is 5.32 Å². The molecule has 0 bridgehead atoms. The van der Waals surface area contributed by atoms with Gasteiger partial charge in [0.2, 0.25) is 0 Å². The van der Waals surface area contributed by atoms with Gasteiger partial charge >= 0.3 is 5.97 Å². The molecule has 6 heteroatoms. The fraction of sp³-hybridized carbons (Fsp3) is 0.400. The van der Waals surface area contributed by atoms with Crippen LogP contribution in [0.5, 0.6) is 0 Å². The molecule has 1 heterocycles. The monoisotopic (exact) mass is 191 g/mol. The van der Waals surface area contributed by atoms with E-state index in [1.807, 2.05) is 0 Å². The summed E-state index contributed by atoms with van der Waals surface area (Å²) in [6.45, 7) is 1.33. The molecule has 0 aliphatic carbocycles. The van der Waals surface area contributed by atoms with Crippen molar-refractivity contribution in [1.82, 2.24) is 5.32 Å². The quantitative estimate of drug-likeness (QED) is 0.450. The SMILES string of the molecule is CC1(C(=O)O)SC(=S)NC1=O. The van der Waals surface area contributed by atoms with Gasteiger partial charge in [0.05, 0.1) is 0 Å². The minimum atomic E-state index is -1.43. The number of thioether (sulfide) groups is 1. The summed E-state index contributed by atoms with van der Waals surface area (Å²) in [5.41, 5.74) is 0. The highest BCUT2D eigenvalue weighted by molar-refractivity contribution is 8.25. The number of thiocarbonyl (C=S) groups is 1. The molecule has 0 aromatic heterocycles. The first kappa shape index (κ1) is 8.48. The Morgan fingerprint density at radius 2 is 2.36 bits per heavy atom. The molecule has 1 saturated heterocycles. The third-order valence-corrected chi connectivity index (χ3v) is 2.76. The zero-order valence-corrected chi connectivity index (χ0v) is 7.21. The van der Waals surface area contributed by atoms with E-state index in [1.165, 1.54) is 6.92 Å². The Morgan fingerprint density at radius 1 is 1.82 bits per heavy atom. The molecule has 4 nitrogen and oxygen atoms in total. The number of nitrogens with one attached hydrogen (secondary N) is 1. The molecule has 2 N–H and O–H groups in total. The second-order valence-corrected chi connectivity index (χ2v) is 4.28. The van der Waals surface area contributed by atoms with Gasteiger partial charge in [-0.15, -0.1) is 0 Å². The van der Waals surface area contributed by atoms with Gasteiger partial charge in [0.1, 0.15) is 4.32 Å². The lowest BCUT2D eigenvalue weighted by Gasteiger charge is -2.10. The zero-order valence-electron chi connectivity index (χ0n) is 5.58. The molecule has 1 fully saturated rings. The summed E-state index contributed by atoms with van der Waals surface area (Å²) in [7, 11) is 0. The van der Waals surface area contributed by atoms with Crippen molar-refractivity contribution in [3.8, 4) is 0 Å². The number of carbonyl (C=O) groups excluding carboxylic acids is 1. The maximum atomic E-state index is 10.9. The van der Waals surface area contributed by atoms with Crippen molar-refractivity contribution in [3.63, 3.8) is 0 Å². The van der Waals surface area contributed by atoms with Gasteiger partial charge in [-0.1, -0.05) is 24.0 Å². The summed E-state index contributed by atoms with van der Waals surface area (Å²) in [5.74, 6) is -1.72. The molecule has 0 spiro atoms. The molecular formula is C5H5NO3S2. The molecule has 60 valence electrons. The van der Waals surface area contributed by atoms with Gasteiger partial charge < -0.3 is 10.4 Å². The lowest BCUT2D eigenvalue weighted by Crippen LogP contribution is -2.40. The molecule has 1 rings (SSSR count). The molecule has 0 aromatic carbocycles. The van der Waals surface area contributed by atoms with Gasteiger partial charge in [-0.2, -0.15) is 0 Å². The maximum absolute atomic E-state index is 10.9. The lowest BCUT2D eigenvalue weighted by atomic mass is 10.1. The summed E-state index contributed by atoms with van der Waals surface area (Å²) >= 11 is 5.49. The number of hydrogen-bond donors (Lipinski definition) is 2. The van der Waals surface area contributed by atoms with E-state index in [1.54, 1.807) is 0 Å². The normalized spacial score (nSPS) is 30.3. The molecule has 0 saturated carbocycles. The molecule has 1 amide bonds. The van der Waals surface area contributed by atoms with Crippen LogP contribution in [0.1, 0.15) is 6.92 Å². The smallest absolute Gasteiger partial charge is 0.329 e. The Labute approximate surface area is 72.3 Å². The number of carboxylic acids is 1. The van der Waals surface area contributed by atoms with Crippen molar-refractivity contribution in [2.45, 2.75) is 11.7 Å². The Morgan fingerprint density at radius 3 is 2.55 bits per heavy atom. The zero-order chi connectivity index (χ0) is 8.65. The predicted molar refractivity (Wildman–Crippen MR) is 44.4 cm³/mol. The Bertz CT molecular complexity index is 252. The summed E-state index contributed by atoms with van der Waals surface area (Å²) in [5, 5.41) is 10.9. The molecule has 1 atom stereocenters. The second-order valence-electron chi connectivity index (χ2n) is 2.18. The van der Waals surface area contributed by atoms with Crippen molar-refractivity contribution in [3.05, 3.63) is 0 Å². The van der Waals surface area contributed by atoms with E-state index in [0.717, 1.165) is 11.8 Å². The van der Waals surface area contributed by atoms with Crippen molar-refractivity contribution in [2.24, 2.45) is 0 Å². The number of amides is 1. The Hall–Kier alpha value is -0.620. The van der Waals surface area contributed by atoms with Gasteiger partial charge in [0.25, 0.3) is 5.91 Å². The summed E-state index contributed by atoms with van der Waals surface area (Å²) in [6.07, 6.45) is 0. The largest absolute Gasteiger partial charge is 0.480 e. The second kappa shape index (κ2) is 2.46. The van der Waals surface area contributed by atoms with Crippen LogP contribution in [-0.4, -0.2) is 26.1 Å². The number of aliphatic carboxylic acids is 1. The van der Waals surface area contributed by atoms with Crippen LogP contribution in [0.15, 0.2) is 0 Å². The molecule has 1 unspecified atom stereocenters. The van der Waals surface area contributed by atoms with Crippen LogP contribution in [-0.2, 0) is 9.59 Å². The minimum Gasteiger partial charge on any atom is -0.480 e. The van der Waals surface area contributed by atoms with Crippen LogP contribution >= 0.6 is 24.0 Å². The highest BCUT2D eigenvalue weighted by Crippen LogP contribution is 2.31. The third kappa shape index (κ3) is 1.23. The fourth-order valence-corrected chi connectivity index (χ4v) is 1.95. The Kier molecular flexibility index (Phi) is 1.89. The number of carboxylic acid groups (broad SMARTS) is 1. The summed E-state index contributed by atoms with van der Waals surface area (Å²) in [4.78, 5) is 21.5. The number of carbonyl (C=O) groups is 2. The molecule has 11 heavy (non-hydrogen) atoms. The van der Waals surface area contributed by atoms with E-state index in [4.69, 9.17) is 5.11 Å². The first-order chi connectivity index (χ1) is 4.97. The minimum absolute atomic E-state index is 0.222. The summed E-state index contributed by atoms with van der Waals surface area (Å²) < 4.78 is -1.21. The van der Waals surface area contributed by atoms with Crippen LogP contribution in [0.2, 0.25) is 0 Å². The van der Waals surface area contributed by atoms with Crippen molar-refractivity contribution in [2.75, 3.05) is 0 Å². The average Bonchev–Trinajstić information content (AvgIpc) is 2.08. The predicted octanol–water partition coefficient (Wildman–Crippen LogP) is -0.0224. The first-order valence-corrected chi connectivity index (χ1v) is 3.97. The van der Waals surface area contributed by atoms with E-state index in [-0.39, 0.29) is 4.32 Å². The average molecular weight is 191 g/mol. The highest BCUT2D eigenvalue weighted by Gasteiger charge is 2.48. The molecule has 0 aromatic rings. The van der Waals surface area contributed by atoms with Gasteiger partial charge in [-0.05, 0) is 6.92 Å². The van der Waals surface area contributed by atoms with Crippen LogP contribution in [0.4, 0.5) is 0 Å². The Balaban J connectivity index is 2.96. The van der Waals surface area contributed by atoms with Crippen molar-refractivity contribution in [1.29, 1.82) is 0 Å². The molecule has 0 radical (unpaired) electrons. The maximum Gasteiger partial charge on any atom is 0.329 e. The van der Waals surface area contributed by atoms with Crippen molar-refractivity contribution < 1.29 is 14.7 Å². The summed E-state index contributed by atoms with van der Waals surface area (Å²) in [6, 6.07) is 0. The van der Waals surface area contributed by atoms with Gasteiger partial charge in [-0.3, -0.25) is 9.59 Å². The van der Waals surface area contributed by atoms with Gasteiger partial charge in [0, 0.05) is 0 Å². The lowest BCUT2D eigenvalue weighted by molar-refractivity contribution is -0.143. The van der Waals surface area contributed by atoms with Crippen LogP contribution in [0, 0.1) is 0 Å². The van der Waals surface area contributed by atoms with Crippen LogP contribution in [0.3, 0.4) is 0 Å². The van der Waals surface area contributed by atoms with Crippen molar-refractivity contribution >= 4 is 40.2 Å². The van der Waals surface area contributed by atoms with Gasteiger partial charge in [0.15, 0.2) is 4.75 Å². The van der Waals surface area contributed by atoms with E-state index in [0.29, 0.717) is 0 Å². The van der Waals surface area contributed by atoms with Gasteiger partial charge in [-0.25, -0.2) is 0 Å². The fourth-order valence-electron chi connectivity index (χ4n) is 0.610. The van der Waals surface area contributed by atoms with E-state index >= 15 is 0 Å². The molecule has 1 aliphatic rings. The molecule has 1 aliphatic heterocycles. The molecular weight excluding hydrogens is 186 g/mol. The first-order valence-electron chi connectivity index (χ1n) is 2.74. The van der Waals surface area contributed by atoms with E-state index < -0.39 is 16.6 Å². The van der Waals surface area contributed by atoms with Crippen LogP contribution in [0.25, 0.3) is 0 Å². The topological polar surface area (TPSA) is 66.4 Å². The number of rotatable bonds is 1. The van der Waals surface area contributed by atoms with E-state index in [9.17, 15) is 9.59 Å². The van der Waals surface area contributed by atoms with E-state index in [2.05, 4.69) is 17.5 Å². The highest BCUT2D eigenvalue weighted by atomic mass is 32.2. The third-order valence-electron chi connectivity index (χ3n) is 1.35. The number of hydrogen-bond acceptors (Lipinski definition) is 4.